The maximum absolute atomic E-state index is 14.1. The Kier molecular flexibility index (Phi) is 12.5. The number of para-hydroxylation sites is 1. The van der Waals surface area contributed by atoms with E-state index < -0.39 is 84.1 Å². The maximum atomic E-state index is 14.1. The molecular weight excluding hydrogens is 689 g/mol. The molecule has 2 aliphatic rings. The first-order valence-corrected chi connectivity index (χ1v) is 17.8. The Morgan fingerprint density at radius 3 is 2.00 bits per heavy atom. The van der Waals surface area contributed by atoms with E-state index in [0.717, 1.165) is 10.9 Å². The Hall–Kier alpha value is -5.38. The average molecular weight is 733 g/mol. The first kappa shape index (κ1) is 37.9. The van der Waals surface area contributed by atoms with Crippen LogP contribution in [0.5, 0.6) is 0 Å². The van der Waals surface area contributed by atoms with Crippen LogP contribution in [0.1, 0.15) is 32.3 Å². The number of amides is 7. The second-order valence-electron chi connectivity index (χ2n) is 13.4. The molecule has 2 aromatic carbocycles. The molecule has 2 aliphatic heterocycles. The lowest BCUT2D eigenvalue weighted by Crippen LogP contribution is -2.62. The zero-order chi connectivity index (χ0) is 37.4. The average Bonchev–Trinajstić information content (AvgIpc) is 3.52. The monoisotopic (exact) mass is 732 g/mol. The largest absolute Gasteiger partial charge is 0.351 e. The van der Waals surface area contributed by atoms with Gasteiger partial charge in [0.1, 0.15) is 30.2 Å². The molecule has 6 atom stereocenters. The van der Waals surface area contributed by atoms with Gasteiger partial charge in [-0.1, -0.05) is 62.4 Å². The highest BCUT2D eigenvalue weighted by molar-refractivity contribution is 7.80. The van der Waals surface area contributed by atoms with Gasteiger partial charge in [0.05, 0.1) is 6.54 Å². The molecule has 0 aliphatic carbocycles. The van der Waals surface area contributed by atoms with Crippen LogP contribution >= 0.6 is 12.6 Å². The van der Waals surface area contributed by atoms with E-state index in [1.165, 1.54) is 0 Å². The van der Waals surface area contributed by atoms with Crippen LogP contribution in [0.15, 0.2) is 66.9 Å². The summed E-state index contributed by atoms with van der Waals surface area (Å²) in [5.41, 5.74) is 1.46. The van der Waals surface area contributed by atoms with Crippen molar-refractivity contribution in [3.05, 3.63) is 72.4 Å². The topological polar surface area (TPSA) is 209 Å². The van der Waals surface area contributed by atoms with Crippen LogP contribution in [0.3, 0.4) is 0 Å². The van der Waals surface area contributed by atoms with E-state index in [1.54, 1.807) is 41.1 Å². The molecule has 2 saturated heterocycles. The van der Waals surface area contributed by atoms with Crippen molar-refractivity contribution in [2.75, 3.05) is 12.3 Å². The summed E-state index contributed by atoms with van der Waals surface area (Å²) in [6.07, 6.45) is 1.99. The van der Waals surface area contributed by atoms with Gasteiger partial charge in [0.2, 0.25) is 29.5 Å². The number of nitrogens with one attached hydrogen (secondary N) is 7. The van der Waals surface area contributed by atoms with Gasteiger partial charge in [-0.3, -0.25) is 33.6 Å². The van der Waals surface area contributed by atoms with Crippen LogP contribution < -0.4 is 37.2 Å². The third-order valence-corrected chi connectivity index (χ3v) is 9.18. The molecule has 2 bridgehead atoms. The van der Waals surface area contributed by atoms with Crippen molar-refractivity contribution in [1.82, 2.24) is 41.8 Å². The number of rotatable bonds is 8. The Morgan fingerprint density at radius 2 is 1.27 bits per heavy atom. The van der Waals surface area contributed by atoms with Gasteiger partial charge in [0, 0.05) is 24.7 Å². The van der Waals surface area contributed by atoms with Gasteiger partial charge < -0.3 is 41.8 Å². The van der Waals surface area contributed by atoms with Gasteiger partial charge in [0.15, 0.2) is 6.04 Å². The van der Waals surface area contributed by atoms with Crippen LogP contribution in [0, 0.1) is 5.92 Å². The summed E-state index contributed by atoms with van der Waals surface area (Å²) in [7, 11) is 0. The summed E-state index contributed by atoms with van der Waals surface area (Å²) < 4.78 is 1.75. The van der Waals surface area contributed by atoms with E-state index in [-0.39, 0.29) is 37.5 Å². The lowest BCUT2D eigenvalue weighted by Gasteiger charge is -2.28. The molecule has 0 spiro atoms. The highest BCUT2D eigenvalue weighted by Gasteiger charge is 2.39. The highest BCUT2D eigenvalue weighted by Crippen LogP contribution is 2.16. The Bertz CT molecular complexity index is 1820. The van der Waals surface area contributed by atoms with Crippen LogP contribution in [0.2, 0.25) is 0 Å². The molecule has 0 radical (unpaired) electrons. The first-order chi connectivity index (χ1) is 24.9. The summed E-state index contributed by atoms with van der Waals surface area (Å²) >= 11 is 4.22. The summed E-state index contributed by atoms with van der Waals surface area (Å²) in [5, 5.41) is 19.1. The fraction of sp³-hybridized carbons (Fsp3) is 0.417. The second kappa shape index (κ2) is 17.2. The number of hydrogen-bond acceptors (Lipinski definition) is 8. The minimum atomic E-state index is -1.89. The molecular formula is C36H44N8O7S. The predicted octanol–water partition coefficient (Wildman–Crippen LogP) is -0.698. The number of nitrogens with zero attached hydrogens (tertiary/aromatic N) is 1. The Balaban J connectivity index is 1.58. The van der Waals surface area contributed by atoms with Crippen molar-refractivity contribution < 1.29 is 33.6 Å². The van der Waals surface area contributed by atoms with Crippen molar-refractivity contribution in [2.24, 2.45) is 5.92 Å². The molecule has 52 heavy (non-hydrogen) atoms. The van der Waals surface area contributed by atoms with Crippen LogP contribution in [0.25, 0.3) is 10.9 Å². The summed E-state index contributed by atoms with van der Waals surface area (Å²) in [6.45, 7) is 3.09. The van der Waals surface area contributed by atoms with Crippen molar-refractivity contribution in [3.63, 3.8) is 0 Å². The molecule has 5 rings (SSSR count). The van der Waals surface area contributed by atoms with Crippen LogP contribution in [-0.2, 0) is 46.5 Å². The van der Waals surface area contributed by atoms with Gasteiger partial charge in [0.25, 0.3) is 11.8 Å². The predicted molar refractivity (Wildman–Crippen MR) is 195 cm³/mol. The van der Waals surface area contributed by atoms with Crippen molar-refractivity contribution in [2.45, 2.75) is 75.9 Å². The number of fused-ring (bicyclic) bond motifs is 5. The molecule has 7 N–H and O–H groups in total. The standard InChI is InChI=1S/C36H44N8O7S/c1-20(2)16-24-31(46)38-23(13-15-52)30(45)43-29-35(50)37-18-26(33(48)39-24)41-32(47)25(17-21-8-4-3-5-9-21)40-34(49)27(42-36(29)51)19-44-14-12-22-10-6-7-11-28(22)44/h3-12,14,20,23-27,29,52H,13,15-19H2,1-2H3,(H,37,50)(H,38,46)(H,39,48)(H,40,49)(H,41,47)(H,42,51)(H,43,45). The molecule has 16 heteroatoms. The van der Waals surface area contributed by atoms with Gasteiger partial charge in [-0.25, -0.2) is 0 Å². The lowest BCUT2D eigenvalue weighted by atomic mass is 10.0. The smallest absolute Gasteiger partial charge is 0.253 e. The van der Waals surface area contributed by atoms with E-state index in [1.807, 2.05) is 44.2 Å². The number of carbonyl (C=O) groups is 7. The van der Waals surface area contributed by atoms with E-state index in [0.29, 0.717) is 5.56 Å². The first-order valence-electron chi connectivity index (χ1n) is 17.2. The number of aromatic nitrogens is 1. The van der Waals surface area contributed by atoms with Crippen molar-refractivity contribution in [3.8, 4) is 0 Å². The molecule has 6 unspecified atom stereocenters. The fourth-order valence-corrected chi connectivity index (χ4v) is 6.46. The fourth-order valence-electron chi connectivity index (χ4n) is 6.20. The summed E-state index contributed by atoms with van der Waals surface area (Å²) in [5.74, 6) is -5.72. The van der Waals surface area contributed by atoms with Gasteiger partial charge in [-0.15, -0.1) is 0 Å². The summed E-state index contributed by atoms with van der Waals surface area (Å²) in [6, 6.07) is 9.93. The molecule has 15 nitrogen and oxygen atoms in total. The lowest BCUT2D eigenvalue weighted by molar-refractivity contribution is -0.139. The third kappa shape index (κ3) is 9.48. The minimum absolute atomic E-state index is 0.0236. The Morgan fingerprint density at radius 1 is 0.654 bits per heavy atom. The van der Waals surface area contributed by atoms with E-state index in [9.17, 15) is 33.6 Å². The zero-order valence-electron chi connectivity index (χ0n) is 28.9. The van der Waals surface area contributed by atoms with E-state index >= 15 is 0 Å². The van der Waals surface area contributed by atoms with E-state index in [4.69, 9.17) is 0 Å². The third-order valence-electron chi connectivity index (χ3n) is 8.92. The van der Waals surface area contributed by atoms with Gasteiger partial charge >= 0.3 is 0 Å². The minimum Gasteiger partial charge on any atom is -0.351 e. The van der Waals surface area contributed by atoms with Crippen molar-refractivity contribution >= 4 is 64.9 Å². The van der Waals surface area contributed by atoms with Crippen LogP contribution in [-0.4, -0.2) is 94.5 Å². The number of thiol groups is 1. The van der Waals surface area contributed by atoms with Gasteiger partial charge in [-0.05, 0) is 47.6 Å². The molecule has 3 heterocycles. The Labute approximate surface area is 306 Å². The summed E-state index contributed by atoms with van der Waals surface area (Å²) in [4.78, 5) is 96.9. The normalized spacial score (nSPS) is 25.1. The second-order valence-corrected chi connectivity index (χ2v) is 13.8. The zero-order valence-corrected chi connectivity index (χ0v) is 29.8. The molecule has 3 aromatic rings. The highest BCUT2D eigenvalue weighted by atomic mass is 32.1. The number of benzene rings is 2. The maximum Gasteiger partial charge on any atom is 0.253 e. The quantitative estimate of drug-likeness (QED) is 0.110. The molecule has 7 amide bonds. The van der Waals surface area contributed by atoms with Gasteiger partial charge in [-0.2, -0.15) is 12.6 Å². The molecule has 1 aromatic heterocycles. The molecule has 276 valence electrons. The molecule has 0 saturated carbocycles. The number of carbonyl (C=O) groups excluding carboxylic acids is 7. The SMILES string of the molecule is CC(C)CC1NC(=O)C2CNC(=O)C(NC(=O)C(CCS)NC1=O)C(=O)NC(Cn1ccc3ccccc31)C(=O)NC(Cc1ccccc1)C(=O)N2. The van der Waals surface area contributed by atoms with Crippen molar-refractivity contribution in [1.29, 1.82) is 0 Å². The van der Waals surface area contributed by atoms with Crippen LogP contribution in [0.4, 0.5) is 0 Å². The molecule has 2 fully saturated rings. The van der Waals surface area contributed by atoms with E-state index in [2.05, 4.69) is 49.8 Å². The number of hydrogen-bond donors (Lipinski definition) is 8.